The van der Waals surface area contributed by atoms with E-state index < -0.39 is 0 Å². The molecule has 0 spiro atoms. The van der Waals surface area contributed by atoms with Gasteiger partial charge in [0.25, 0.3) is 0 Å². The Morgan fingerprint density at radius 2 is 2.33 bits per heavy atom. The quantitative estimate of drug-likeness (QED) is 0.595. The maximum absolute atomic E-state index is 3.27. The third kappa shape index (κ3) is 4.51. The second-order valence-electron chi connectivity index (χ2n) is 3.53. The molecule has 0 atom stereocenters. The molecule has 0 saturated carbocycles. The van der Waals surface area contributed by atoms with Crippen LogP contribution in [0.15, 0.2) is 11.4 Å². The molecule has 2 heteroatoms. The maximum atomic E-state index is 3.27. The summed E-state index contributed by atoms with van der Waals surface area (Å²) in [5.41, 5.74) is 1.43. The smallest absolute Gasteiger partial charge is 0.0800 e. The first kappa shape index (κ1) is 12.3. The lowest BCUT2D eigenvalue weighted by Gasteiger charge is -1.95. The van der Waals surface area contributed by atoms with Crippen molar-refractivity contribution in [2.75, 3.05) is 13.6 Å². The Labute approximate surface area is 96.9 Å². The van der Waals surface area contributed by atoms with Gasteiger partial charge in [-0.2, -0.15) is 0 Å². The van der Waals surface area contributed by atoms with Crippen molar-refractivity contribution in [2.24, 2.45) is 0 Å². The van der Waals surface area contributed by atoms with Crippen molar-refractivity contribution in [3.63, 3.8) is 0 Å². The first-order valence-electron chi connectivity index (χ1n) is 5.58. The zero-order valence-electron chi connectivity index (χ0n) is 9.60. The minimum atomic E-state index is 0.932. The molecule has 0 aromatic carbocycles. The molecule has 1 aromatic heterocycles. The van der Waals surface area contributed by atoms with Gasteiger partial charge in [0, 0.05) is 13.0 Å². The summed E-state index contributed by atoms with van der Waals surface area (Å²) in [4.78, 5) is 1.26. The monoisotopic (exact) mass is 221 g/mol. The van der Waals surface area contributed by atoms with Crippen LogP contribution in [0.1, 0.15) is 36.6 Å². The molecule has 1 nitrogen and oxygen atoms in total. The highest BCUT2D eigenvalue weighted by molar-refractivity contribution is 7.10. The molecule has 1 N–H and O–H groups in total. The van der Waals surface area contributed by atoms with Crippen molar-refractivity contribution < 1.29 is 0 Å². The van der Waals surface area contributed by atoms with Crippen molar-refractivity contribution in [1.29, 1.82) is 0 Å². The molecular weight excluding hydrogens is 202 g/mol. The van der Waals surface area contributed by atoms with Gasteiger partial charge in [0.05, 0.1) is 4.88 Å². The lowest BCUT2D eigenvalue weighted by atomic mass is 10.1. The normalized spacial score (nSPS) is 9.73. The summed E-state index contributed by atoms with van der Waals surface area (Å²) in [5, 5.41) is 5.24. The third-order valence-electron chi connectivity index (χ3n) is 2.25. The van der Waals surface area contributed by atoms with Gasteiger partial charge in [-0.3, -0.25) is 0 Å². The highest BCUT2D eigenvalue weighted by atomic mass is 32.1. The molecular formula is C13H19NS. The van der Waals surface area contributed by atoms with Crippen LogP contribution < -0.4 is 5.32 Å². The number of hydrogen-bond donors (Lipinski definition) is 1. The summed E-state index contributed by atoms with van der Waals surface area (Å²) in [7, 11) is 1.96. The van der Waals surface area contributed by atoms with E-state index in [0.29, 0.717) is 0 Å². The molecule has 0 fully saturated rings. The minimum absolute atomic E-state index is 0.932. The molecule has 0 radical (unpaired) electrons. The zero-order valence-corrected chi connectivity index (χ0v) is 10.4. The standard InChI is InChI=1S/C13H19NS/c1-3-4-7-12-9-11-15-13(12)8-5-6-10-14-2/h9,11,14H,3-4,6-7,10H2,1-2H3. The van der Waals surface area contributed by atoms with Crippen LogP contribution in [0.25, 0.3) is 0 Å². The number of nitrogens with one attached hydrogen (secondary N) is 1. The van der Waals surface area contributed by atoms with E-state index in [0.717, 1.165) is 13.0 Å². The Morgan fingerprint density at radius 1 is 1.47 bits per heavy atom. The molecule has 0 bridgehead atoms. The summed E-state index contributed by atoms with van der Waals surface area (Å²) in [6, 6.07) is 2.21. The first-order valence-corrected chi connectivity index (χ1v) is 6.46. The van der Waals surface area contributed by atoms with Gasteiger partial charge < -0.3 is 5.32 Å². The fourth-order valence-electron chi connectivity index (χ4n) is 1.34. The van der Waals surface area contributed by atoms with E-state index in [-0.39, 0.29) is 0 Å². The van der Waals surface area contributed by atoms with Gasteiger partial charge in [0.2, 0.25) is 0 Å². The van der Waals surface area contributed by atoms with E-state index in [4.69, 9.17) is 0 Å². The van der Waals surface area contributed by atoms with E-state index in [2.05, 4.69) is 35.5 Å². The number of unbranched alkanes of at least 4 members (excludes halogenated alkanes) is 1. The van der Waals surface area contributed by atoms with Crippen LogP contribution in [0, 0.1) is 11.8 Å². The van der Waals surface area contributed by atoms with Gasteiger partial charge in [0.1, 0.15) is 0 Å². The summed E-state index contributed by atoms with van der Waals surface area (Å²) in [6.45, 7) is 3.20. The lowest BCUT2D eigenvalue weighted by molar-refractivity contribution is 0.796. The topological polar surface area (TPSA) is 12.0 Å². The second-order valence-corrected chi connectivity index (χ2v) is 4.45. The predicted molar refractivity (Wildman–Crippen MR) is 68.4 cm³/mol. The minimum Gasteiger partial charge on any atom is -0.319 e. The highest BCUT2D eigenvalue weighted by Crippen LogP contribution is 2.17. The SMILES string of the molecule is CCCCc1ccsc1C#CCCNC. The molecule has 15 heavy (non-hydrogen) atoms. The molecule has 0 saturated heterocycles. The van der Waals surface area contributed by atoms with Crippen LogP contribution >= 0.6 is 11.3 Å². The van der Waals surface area contributed by atoms with Gasteiger partial charge in [-0.05, 0) is 36.9 Å². The molecule has 1 heterocycles. The molecule has 0 amide bonds. The summed E-state index contributed by atoms with van der Waals surface area (Å²) in [5.74, 6) is 6.47. The molecule has 1 rings (SSSR count). The van der Waals surface area contributed by atoms with Crippen molar-refractivity contribution in [1.82, 2.24) is 5.32 Å². The molecule has 0 aliphatic heterocycles. The van der Waals surface area contributed by atoms with Crippen molar-refractivity contribution >= 4 is 11.3 Å². The molecule has 82 valence electrons. The van der Waals surface area contributed by atoms with Crippen LogP contribution in [-0.2, 0) is 6.42 Å². The molecule has 0 aliphatic carbocycles. The van der Waals surface area contributed by atoms with E-state index in [1.807, 2.05) is 7.05 Å². The summed E-state index contributed by atoms with van der Waals surface area (Å²) in [6.07, 6.45) is 4.63. The van der Waals surface area contributed by atoms with Crippen molar-refractivity contribution in [3.05, 3.63) is 21.9 Å². The van der Waals surface area contributed by atoms with Crippen LogP contribution in [0.3, 0.4) is 0 Å². The Kier molecular flexibility index (Phi) is 6.15. The zero-order chi connectivity index (χ0) is 10.9. The molecule has 0 aliphatic rings. The molecule has 0 unspecified atom stereocenters. The number of rotatable bonds is 5. The van der Waals surface area contributed by atoms with E-state index in [1.165, 1.54) is 29.7 Å². The second kappa shape index (κ2) is 7.50. The Hall–Kier alpha value is -0.780. The summed E-state index contributed by atoms with van der Waals surface area (Å²) < 4.78 is 0. The van der Waals surface area contributed by atoms with Crippen molar-refractivity contribution in [3.8, 4) is 11.8 Å². The van der Waals surface area contributed by atoms with Gasteiger partial charge in [0.15, 0.2) is 0 Å². The molecule has 1 aromatic rings. The van der Waals surface area contributed by atoms with E-state index in [1.54, 1.807) is 11.3 Å². The van der Waals surface area contributed by atoms with Crippen molar-refractivity contribution in [2.45, 2.75) is 32.6 Å². The Morgan fingerprint density at radius 3 is 3.07 bits per heavy atom. The van der Waals surface area contributed by atoms with E-state index >= 15 is 0 Å². The average molecular weight is 221 g/mol. The lowest BCUT2D eigenvalue weighted by Crippen LogP contribution is -2.05. The highest BCUT2D eigenvalue weighted by Gasteiger charge is 1.99. The predicted octanol–water partition coefficient (Wildman–Crippen LogP) is 3.05. The Bertz CT molecular complexity index is 330. The maximum Gasteiger partial charge on any atom is 0.0800 e. The van der Waals surface area contributed by atoms with Crippen LogP contribution in [0.5, 0.6) is 0 Å². The van der Waals surface area contributed by atoms with E-state index in [9.17, 15) is 0 Å². The third-order valence-corrected chi connectivity index (χ3v) is 3.12. The fraction of sp³-hybridized carbons (Fsp3) is 0.538. The van der Waals surface area contributed by atoms with Gasteiger partial charge in [-0.25, -0.2) is 0 Å². The van der Waals surface area contributed by atoms with Gasteiger partial charge in [-0.1, -0.05) is 25.2 Å². The average Bonchev–Trinajstić information content (AvgIpc) is 2.69. The number of thiophene rings is 1. The first-order chi connectivity index (χ1) is 7.38. The van der Waals surface area contributed by atoms with Gasteiger partial charge >= 0.3 is 0 Å². The Balaban J connectivity index is 2.51. The van der Waals surface area contributed by atoms with Crippen LogP contribution in [-0.4, -0.2) is 13.6 Å². The van der Waals surface area contributed by atoms with Crippen LogP contribution in [0.4, 0.5) is 0 Å². The fourth-order valence-corrected chi connectivity index (χ4v) is 2.16. The number of hydrogen-bond acceptors (Lipinski definition) is 2. The van der Waals surface area contributed by atoms with Crippen LogP contribution in [0.2, 0.25) is 0 Å². The number of aryl methyl sites for hydroxylation is 1. The van der Waals surface area contributed by atoms with Gasteiger partial charge in [-0.15, -0.1) is 11.3 Å². The largest absolute Gasteiger partial charge is 0.319 e. The summed E-state index contributed by atoms with van der Waals surface area (Å²) >= 11 is 1.76.